The van der Waals surface area contributed by atoms with Crippen LogP contribution in [0.2, 0.25) is 10.0 Å². The van der Waals surface area contributed by atoms with Crippen LogP contribution >= 0.6 is 23.2 Å². The van der Waals surface area contributed by atoms with Gasteiger partial charge in [0, 0.05) is 5.02 Å². The lowest BCUT2D eigenvalue weighted by molar-refractivity contribution is 0.0689. The first-order chi connectivity index (χ1) is 9.49. The smallest absolute Gasteiger partial charge is 0.339 e. The third kappa shape index (κ3) is 3.24. The first kappa shape index (κ1) is 14.7. The zero-order chi connectivity index (χ0) is 14.7. The molecule has 1 N–H and O–H groups in total. The molecule has 1 unspecified atom stereocenters. The Hall–Kier alpha value is -1.71. The Bertz CT molecular complexity index is 627. The molecule has 2 rings (SSSR count). The maximum absolute atomic E-state index is 11.2. The Balaban J connectivity index is 2.36. The topological polar surface area (TPSA) is 46.5 Å². The van der Waals surface area contributed by atoms with E-state index >= 15 is 0 Å². The van der Waals surface area contributed by atoms with Crippen LogP contribution in [0.4, 0.5) is 0 Å². The highest BCUT2D eigenvalue weighted by Crippen LogP contribution is 2.35. The first-order valence-corrected chi connectivity index (χ1v) is 6.68. The van der Waals surface area contributed by atoms with Crippen LogP contribution in [-0.4, -0.2) is 11.1 Å². The summed E-state index contributed by atoms with van der Waals surface area (Å²) in [4.78, 5) is 11.2. The van der Waals surface area contributed by atoms with Crippen molar-refractivity contribution in [1.29, 1.82) is 0 Å². The fourth-order valence-corrected chi connectivity index (χ4v) is 2.35. The summed E-state index contributed by atoms with van der Waals surface area (Å²) in [7, 11) is 0. The van der Waals surface area contributed by atoms with Gasteiger partial charge >= 0.3 is 5.97 Å². The molecule has 3 nitrogen and oxygen atoms in total. The van der Waals surface area contributed by atoms with Crippen molar-refractivity contribution >= 4 is 29.2 Å². The van der Waals surface area contributed by atoms with Crippen molar-refractivity contribution in [3.05, 3.63) is 63.6 Å². The molecule has 0 saturated heterocycles. The van der Waals surface area contributed by atoms with Gasteiger partial charge in [0.2, 0.25) is 0 Å². The fraction of sp³-hybridized carbons (Fsp3) is 0.133. The molecule has 0 saturated carbocycles. The van der Waals surface area contributed by atoms with Gasteiger partial charge in [0.15, 0.2) is 5.75 Å². The average Bonchev–Trinajstić information content (AvgIpc) is 2.42. The number of aromatic carboxylic acids is 1. The van der Waals surface area contributed by atoms with E-state index in [-0.39, 0.29) is 27.5 Å². The van der Waals surface area contributed by atoms with Crippen molar-refractivity contribution in [2.45, 2.75) is 13.0 Å². The van der Waals surface area contributed by atoms with Crippen molar-refractivity contribution in [1.82, 2.24) is 0 Å². The van der Waals surface area contributed by atoms with E-state index in [1.54, 1.807) is 0 Å². The Morgan fingerprint density at radius 2 is 1.85 bits per heavy atom. The average molecular weight is 311 g/mol. The van der Waals surface area contributed by atoms with E-state index in [0.717, 1.165) is 5.56 Å². The second kappa shape index (κ2) is 6.16. The molecule has 0 spiro atoms. The molecule has 104 valence electrons. The van der Waals surface area contributed by atoms with Gasteiger partial charge in [-0.15, -0.1) is 0 Å². The normalized spacial score (nSPS) is 11.9. The molecule has 0 aliphatic heterocycles. The van der Waals surface area contributed by atoms with Gasteiger partial charge in [0.25, 0.3) is 0 Å². The lowest BCUT2D eigenvalue weighted by Crippen LogP contribution is -2.08. The summed E-state index contributed by atoms with van der Waals surface area (Å²) in [5, 5.41) is 9.64. The number of hydrogen-bond donors (Lipinski definition) is 1. The van der Waals surface area contributed by atoms with E-state index in [1.807, 2.05) is 37.3 Å². The summed E-state index contributed by atoms with van der Waals surface area (Å²) in [5.41, 5.74) is 0.875. The molecular weight excluding hydrogens is 299 g/mol. The minimum atomic E-state index is -1.13. The lowest BCUT2D eigenvalue weighted by Gasteiger charge is -2.18. The molecule has 0 aromatic heterocycles. The van der Waals surface area contributed by atoms with E-state index in [9.17, 15) is 9.90 Å². The molecular formula is C15H12Cl2O3. The number of carboxylic acids is 1. The quantitative estimate of drug-likeness (QED) is 0.879. The predicted molar refractivity (Wildman–Crippen MR) is 78.9 cm³/mol. The van der Waals surface area contributed by atoms with Gasteiger partial charge in [-0.1, -0.05) is 53.5 Å². The van der Waals surface area contributed by atoms with Gasteiger partial charge in [-0.2, -0.15) is 0 Å². The number of ether oxygens (including phenoxy) is 1. The van der Waals surface area contributed by atoms with Crippen molar-refractivity contribution < 1.29 is 14.6 Å². The van der Waals surface area contributed by atoms with Gasteiger partial charge in [-0.3, -0.25) is 0 Å². The summed E-state index contributed by atoms with van der Waals surface area (Å²) in [6.07, 6.45) is -0.326. The summed E-state index contributed by atoms with van der Waals surface area (Å²) in [5.74, 6) is -1.01. The zero-order valence-corrected chi connectivity index (χ0v) is 12.2. The number of benzene rings is 2. The molecule has 0 fully saturated rings. The molecule has 1 atom stereocenters. The second-order valence-corrected chi connectivity index (χ2v) is 5.08. The molecule has 0 aliphatic carbocycles. The Morgan fingerprint density at radius 1 is 1.20 bits per heavy atom. The fourth-order valence-electron chi connectivity index (χ4n) is 1.81. The molecule has 0 heterocycles. The van der Waals surface area contributed by atoms with Crippen LogP contribution in [0.25, 0.3) is 0 Å². The summed E-state index contributed by atoms with van der Waals surface area (Å²) in [6.45, 7) is 1.83. The van der Waals surface area contributed by atoms with Crippen LogP contribution in [-0.2, 0) is 0 Å². The minimum Gasteiger partial charge on any atom is -0.484 e. The van der Waals surface area contributed by atoms with Crippen LogP contribution in [0.3, 0.4) is 0 Å². The van der Waals surface area contributed by atoms with E-state index < -0.39 is 5.97 Å². The number of rotatable bonds is 4. The zero-order valence-electron chi connectivity index (χ0n) is 10.6. The number of halogens is 2. The second-order valence-electron chi connectivity index (χ2n) is 4.24. The number of carboxylic acid groups (broad SMARTS) is 1. The highest BCUT2D eigenvalue weighted by molar-refractivity contribution is 6.36. The van der Waals surface area contributed by atoms with Crippen LogP contribution in [0, 0.1) is 0 Å². The van der Waals surface area contributed by atoms with Gasteiger partial charge in [-0.05, 0) is 24.6 Å². The minimum absolute atomic E-state index is 0.0507. The molecule has 5 heteroatoms. The van der Waals surface area contributed by atoms with Gasteiger partial charge in [-0.25, -0.2) is 4.79 Å². The van der Waals surface area contributed by atoms with Crippen molar-refractivity contribution in [2.24, 2.45) is 0 Å². The highest BCUT2D eigenvalue weighted by atomic mass is 35.5. The summed E-state index contributed by atoms with van der Waals surface area (Å²) >= 11 is 11.9. The summed E-state index contributed by atoms with van der Waals surface area (Å²) < 4.78 is 5.71. The van der Waals surface area contributed by atoms with Crippen LogP contribution in [0.5, 0.6) is 5.75 Å². The van der Waals surface area contributed by atoms with Crippen molar-refractivity contribution in [3.8, 4) is 5.75 Å². The predicted octanol–water partition coefficient (Wildman–Crippen LogP) is 4.83. The first-order valence-electron chi connectivity index (χ1n) is 5.93. The van der Waals surface area contributed by atoms with Gasteiger partial charge in [0.05, 0.1) is 5.02 Å². The maximum Gasteiger partial charge on any atom is 0.339 e. The molecule has 0 aliphatic rings. The van der Waals surface area contributed by atoms with E-state index in [2.05, 4.69) is 0 Å². The molecule has 0 amide bonds. The lowest BCUT2D eigenvalue weighted by atomic mass is 10.1. The Morgan fingerprint density at radius 3 is 2.45 bits per heavy atom. The van der Waals surface area contributed by atoms with Crippen LogP contribution in [0.15, 0.2) is 42.5 Å². The van der Waals surface area contributed by atoms with Gasteiger partial charge in [0.1, 0.15) is 11.7 Å². The molecule has 20 heavy (non-hydrogen) atoms. The molecule has 2 aromatic carbocycles. The number of hydrogen-bond acceptors (Lipinski definition) is 2. The standard InChI is InChI=1S/C15H12Cl2O3/c1-9(10-5-3-2-4-6-10)20-14-12(15(18)19)7-11(16)8-13(14)17/h2-9H,1H3,(H,18,19). The molecule has 0 radical (unpaired) electrons. The van der Waals surface area contributed by atoms with Crippen LogP contribution in [0.1, 0.15) is 28.9 Å². The molecule has 2 aromatic rings. The largest absolute Gasteiger partial charge is 0.484 e. The third-order valence-corrected chi connectivity index (χ3v) is 3.30. The third-order valence-electron chi connectivity index (χ3n) is 2.80. The maximum atomic E-state index is 11.2. The van der Waals surface area contributed by atoms with Gasteiger partial charge < -0.3 is 9.84 Å². The molecule has 0 bridgehead atoms. The summed E-state index contributed by atoms with van der Waals surface area (Å²) in [6, 6.07) is 12.2. The highest BCUT2D eigenvalue weighted by Gasteiger charge is 2.19. The monoisotopic (exact) mass is 310 g/mol. The van der Waals surface area contributed by atoms with Crippen molar-refractivity contribution in [2.75, 3.05) is 0 Å². The van der Waals surface area contributed by atoms with E-state index in [0.29, 0.717) is 0 Å². The van der Waals surface area contributed by atoms with Crippen LogP contribution < -0.4 is 4.74 Å². The Labute approximate surface area is 126 Å². The SMILES string of the molecule is CC(Oc1c(Cl)cc(Cl)cc1C(=O)O)c1ccccc1. The Kier molecular flexibility index (Phi) is 4.53. The van der Waals surface area contributed by atoms with Crippen molar-refractivity contribution in [3.63, 3.8) is 0 Å². The van der Waals surface area contributed by atoms with E-state index in [4.69, 9.17) is 27.9 Å². The van der Waals surface area contributed by atoms with E-state index in [1.165, 1.54) is 12.1 Å². The number of carbonyl (C=O) groups is 1.